The molecule has 1 saturated heterocycles. The number of aliphatic hydroxyl groups excluding tert-OH is 2. The number of ether oxygens (including phenoxy) is 1. The SMILES string of the molecule is CO.OCC1CCC(c2ccccc2)O1. The van der Waals surface area contributed by atoms with Gasteiger partial charge in [0, 0.05) is 7.11 Å². The van der Waals surface area contributed by atoms with Crippen LogP contribution < -0.4 is 0 Å². The molecule has 3 nitrogen and oxygen atoms in total. The highest BCUT2D eigenvalue weighted by atomic mass is 16.5. The molecule has 0 amide bonds. The van der Waals surface area contributed by atoms with Crippen LogP contribution in [-0.2, 0) is 4.74 Å². The molecule has 2 N–H and O–H groups in total. The molecule has 15 heavy (non-hydrogen) atoms. The lowest BCUT2D eigenvalue weighted by Gasteiger charge is -2.11. The van der Waals surface area contributed by atoms with Gasteiger partial charge in [0.25, 0.3) is 0 Å². The zero-order valence-corrected chi connectivity index (χ0v) is 8.97. The van der Waals surface area contributed by atoms with Crippen LogP contribution in [0.15, 0.2) is 30.3 Å². The minimum absolute atomic E-state index is 0.0465. The van der Waals surface area contributed by atoms with Gasteiger partial charge in [0.05, 0.1) is 18.8 Å². The Balaban J connectivity index is 0.000000531. The van der Waals surface area contributed by atoms with Crippen molar-refractivity contribution in [1.29, 1.82) is 0 Å². The molecule has 0 aliphatic carbocycles. The van der Waals surface area contributed by atoms with E-state index in [9.17, 15) is 0 Å². The topological polar surface area (TPSA) is 49.7 Å². The molecule has 0 saturated carbocycles. The zero-order valence-electron chi connectivity index (χ0n) is 8.97. The molecule has 3 heteroatoms. The summed E-state index contributed by atoms with van der Waals surface area (Å²) in [5.74, 6) is 0. The molecule has 0 spiro atoms. The Kier molecular flexibility index (Phi) is 5.32. The lowest BCUT2D eigenvalue weighted by atomic mass is 10.1. The number of hydrogen-bond donors (Lipinski definition) is 2. The first-order chi connectivity index (χ1) is 7.40. The predicted molar refractivity (Wildman–Crippen MR) is 58.5 cm³/mol. The van der Waals surface area contributed by atoms with Crippen LogP contribution >= 0.6 is 0 Å². The lowest BCUT2D eigenvalue weighted by Crippen LogP contribution is -2.10. The van der Waals surface area contributed by atoms with Crippen molar-refractivity contribution in [3.8, 4) is 0 Å². The average molecular weight is 210 g/mol. The zero-order chi connectivity index (χ0) is 11.1. The van der Waals surface area contributed by atoms with Gasteiger partial charge in [-0.2, -0.15) is 0 Å². The van der Waals surface area contributed by atoms with Crippen molar-refractivity contribution in [2.24, 2.45) is 0 Å². The van der Waals surface area contributed by atoms with Gasteiger partial charge in [0.1, 0.15) is 0 Å². The van der Waals surface area contributed by atoms with Gasteiger partial charge < -0.3 is 14.9 Å². The third-order valence-electron chi connectivity index (χ3n) is 2.48. The molecule has 1 aromatic rings. The molecule has 1 aromatic carbocycles. The van der Waals surface area contributed by atoms with Crippen molar-refractivity contribution >= 4 is 0 Å². The highest BCUT2D eigenvalue weighted by molar-refractivity contribution is 5.18. The van der Waals surface area contributed by atoms with E-state index in [1.54, 1.807) is 0 Å². The summed E-state index contributed by atoms with van der Waals surface area (Å²) in [6.07, 6.45) is 2.23. The molecule has 1 aliphatic heterocycles. The minimum Gasteiger partial charge on any atom is -0.400 e. The Morgan fingerprint density at radius 2 is 1.87 bits per heavy atom. The Labute approximate surface area is 90.3 Å². The van der Waals surface area contributed by atoms with Crippen LogP contribution in [0.2, 0.25) is 0 Å². The van der Waals surface area contributed by atoms with Crippen LogP contribution in [0.3, 0.4) is 0 Å². The number of hydrogen-bond acceptors (Lipinski definition) is 3. The van der Waals surface area contributed by atoms with E-state index in [4.69, 9.17) is 14.9 Å². The Hall–Kier alpha value is -0.900. The van der Waals surface area contributed by atoms with Crippen LogP contribution in [-0.4, -0.2) is 30.0 Å². The fraction of sp³-hybridized carbons (Fsp3) is 0.500. The van der Waals surface area contributed by atoms with Crippen LogP contribution in [0.25, 0.3) is 0 Å². The molecule has 0 radical (unpaired) electrons. The molecule has 2 rings (SSSR count). The Morgan fingerprint density at radius 3 is 2.40 bits per heavy atom. The van der Waals surface area contributed by atoms with E-state index in [2.05, 4.69) is 12.1 Å². The van der Waals surface area contributed by atoms with Gasteiger partial charge in [0.2, 0.25) is 0 Å². The Morgan fingerprint density at radius 1 is 1.20 bits per heavy atom. The first kappa shape index (κ1) is 12.2. The highest BCUT2D eigenvalue weighted by Crippen LogP contribution is 2.31. The normalized spacial score (nSPS) is 24.5. The number of benzene rings is 1. The third-order valence-corrected chi connectivity index (χ3v) is 2.48. The highest BCUT2D eigenvalue weighted by Gasteiger charge is 2.25. The molecule has 2 unspecified atom stereocenters. The van der Waals surface area contributed by atoms with Gasteiger partial charge in [-0.25, -0.2) is 0 Å². The third kappa shape index (κ3) is 3.30. The van der Waals surface area contributed by atoms with Crippen LogP contribution in [0.5, 0.6) is 0 Å². The smallest absolute Gasteiger partial charge is 0.0830 e. The minimum atomic E-state index is 0.0465. The summed E-state index contributed by atoms with van der Waals surface area (Å²) in [5, 5.41) is 15.9. The molecule has 0 bridgehead atoms. The second kappa shape index (κ2) is 6.56. The maximum Gasteiger partial charge on any atom is 0.0830 e. The van der Waals surface area contributed by atoms with E-state index in [1.807, 2.05) is 18.2 Å². The van der Waals surface area contributed by atoms with Crippen LogP contribution in [0.1, 0.15) is 24.5 Å². The van der Waals surface area contributed by atoms with E-state index in [0.29, 0.717) is 0 Å². The summed E-state index contributed by atoms with van der Waals surface area (Å²) >= 11 is 0. The summed E-state index contributed by atoms with van der Waals surface area (Å²) in [4.78, 5) is 0. The van der Waals surface area contributed by atoms with E-state index >= 15 is 0 Å². The maximum absolute atomic E-state index is 8.91. The molecular weight excluding hydrogens is 192 g/mol. The first-order valence-electron chi connectivity index (χ1n) is 5.16. The van der Waals surface area contributed by atoms with E-state index in [-0.39, 0.29) is 18.8 Å². The van der Waals surface area contributed by atoms with Gasteiger partial charge in [-0.1, -0.05) is 30.3 Å². The Bertz CT molecular complexity index is 261. The first-order valence-corrected chi connectivity index (χ1v) is 5.16. The van der Waals surface area contributed by atoms with Gasteiger partial charge in [-0.05, 0) is 18.4 Å². The molecule has 1 fully saturated rings. The lowest BCUT2D eigenvalue weighted by molar-refractivity contribution is 0.0110. The predicted octanol–water partition coefficient (Wildman–Crippen LogP) is 1.51. The molecule has 1 aliphatic rings. The molecule has 0 aromatic heterocycles. The fourth-order valence-corrected chi connectivity index (χ4v) is 1.75. The van der Waals surface area contributed by atoms with E-state index in [0.717, 1.165) is 20.0 Å². The average Bonchev–Trinajstić information content (AvgIpc) is 2.81. The second-order valence-corrected chi connectivity index (χ2v) is 3.42. The summed E-state index contributed by atoms with van der Waals surface area (Å²) < 4.78 is 5.65. The molecule has 84 valence electrons. The van der Waals surface area contributed by atoms with E-state index < -0.39 is 0 Å². The van der Waals surface area contributed by atoms with Gasteiger partial charge in [0.15, 0.2) is 0 Å². The number of aliphatic hydroxyl groups is 2. The largest absolute Gasteiger partial charge is 0.400 e. The summed E-state index contributed by atoms with van der Waals surface area (Å²) in [6.45, 7) is 0.142. The summed E-state index contributed by atoms with van der Waals surface area (Å²) in [7, 11) is 1.00. The van der Waals surface area contributed by atoms with Crippen molar-refractivity contribution in [2.45, 2.75) is 25.0 Å². The van der Waals surface area contributed by atoms with Crippen molar-refractivity contribution in [1.82, 2.24) is 0 Å². The van der Waals surface area contributed by atoms with Crippen molar-refractivity contribution in [2.75, 3.05) is 13.7 Å². The van der Waals surface area contributed by atoms with Crippen molar-refractivity contribution in [3.63, 3.8) is 0 Å². The summed E-state index contributed by atoms with van der Waals surface area (Å²) in [6, 6.07) is 10.2. The van der Waals surface area contributed by atoms with Crippen molar-refractivity contribution < 1.29 is 14.9 Å². The quantitative estimate of drug-likeness (QED) is 0.778. The van der Waals surface area contributed by atoms with Crippen LogP contribution in [0.4, 0.5) is 0 Å². The van der Waals surface area contributed by atoms with Crippen molar-refractivity contribution in [3.05, 3.63) is 35.9 Å². The number of rotatable bonds is 2. The van der Waals surface area contributed by atoms with Gasteiger partial charge in [-0.3, -0.25) is 0 Å². The standard InChI is InChI=1S/C11H14O2.CH4O/c12-8-10-6-7-11(13-10)9-4-2-1-3-5-9;1-2/h1-5,10-12H,6-8H2;2H,1H3. The molecular formula is C12H18O3. The molecule has 2 atom stereocenters. The molecule has 1 heterocycles. The van der Waals surface area contributed by atoms with Crippen LogP contribution in [0, 0.1) is 0 Å². The van der Waals surface area contributed by atoms with Gasteiger partial charge >= 0.3 is 0 Å². The van der Waals surface area contributed by atoms with Gasteiger partial charge in [-0.15, -0.1) is 0 Å². The van der Waals surface area contributed by atoms with E-state index in [1.165, 1.54) is 5.56 Å². The second-order valence-electron chi connectivity index (χ2n) is 3.42. The fourth-order valence-electron chi connectivity index (χ4n) is 1.75. The monoisotopic (exact) mass is 210 g/mol. The maximum atomic E-state index is 8.91. The summed E-state index contributed by atoms with van der Waals surface area (Å²) in [5.41, 5.74) is 1.22.